The van der Waals surface area contributed by atoms with Crippen molar-refractivity contribution in [3.8, 4) is 5.75 Å². The van der Waals surface area contributed by atoms with E-state index in [1.54, 1.807) is 0 Å². The van der Waals surface area contributed by atoms with Gasteiger partial charge < -0.3 is 20.3 Å². The first-order valence-corrected chi connectivity index (χ1v) is 6.79. The molecule has 0 spiro atoms. The second kappa shape index (κ2) is 8.91. The van der Waals surface area contributed by atoms with Crippen molar-refractivity contribution in [2.75, 3.05) is 19.8 Å². The summed E-state index contributed by atoms with van der Waals surface area (Å²) in [7, 11) is 0. The number of aliphatic hydroxyl groups excluding tert-OH is 1. The zero-order valence-corrected chi connectivity index (χ0v) is 11.8. The lowest BCUT2D eigenvalue weighted by Gasteiger charge is -2.23. The lowest BCUT2D eigenvalue weighted by Crippen LogP contribution is -2.41. The smallest absolute Gasteiger partial charge is 0.119 e. The van der Waals surface area contributed by atoms with Crippen LogP contribution >= 0.6 is 0 Å². The zero-order chi connectivity index (χ0) is 14.1. The van der Waals surface area contributed by atoms with Crippen LogP contribution in [-0.2, 0) is 4.74 Å². The molecule has 3 N–H and O–H groups in total. The van der Waals surface area contributed by atoms with E-state index in [1.807, 2.05) is 30.3 Å². The standard InChI is InChI=1S/C15H25NO3/c1-12(2)10-14(16)15(11-17)19-9-8-18-13-6-4-3-5-7-13/h3-7,12,14-15,17H,8-11,16H2,1-2H3. The van der Waals surface area contributed by atoms with Gasteiger partial charge >= 0.3 is 0 Å². The molecule has 1 aromatic rings. The van der Waals surface area contributed by atoms with E-state index in [4.69, 9.17) is 15.2 Å². The van der Waals surface area contributed by atoms with Crippen molar-refractivity contribution in [1.29, 1.82) is 0 Å². The maximum absolute atomic E-state index is 9.28. The summed E-state index contributed by atoms with van der Waals surface area (Å²) in [5.74, 6) is 1.31. The van der Waals surface area contributed by atoms with Crippen molar-refractivity contribution in [3.05, 3.63) is 30.3 Å². The molecule has 4 heteroatoms. The molecule has 1 rings (SSSR count). The van der Waals surface area contributed by atoms with Gasteiger partial charge in [0.1, 0.15) is 12.4 Å². The monoisotopic (exact) mass is 267 g/mol. The summed E-state index contributed by atoms with van der Waals surface area (Å²) < 4.78 is 11.1. The van der Waals surface area contributed by atoms with Crippen LogP contribution in [0.4, 0.5) is 0 Å². The third kappa shape index (κ3) is 6.57. The molecule has 0 fully saturated rings. The Balaban J connectivity index is 2.22. The van der Waals surface area contributed by atoms with E-state index in [2.05, 4.69) is 13.8 Å². The van der Waals surface area contributed by atoms with Crippen LogP contribution in [0.15, 0.2) is 30.3 Å². The Morgan fingerprint density at radius 2 is 1.84 bits per heavy atom. The van der Waals surface area contributed by atoms with Crippen molar-refractivity contribution in [2.24, 2.45) is 11.7 Å². The van der Waals surface area contributed by atoms with E-state index in [0.29, 0.717) is 19.1 Å². The van der Waals surface area contributed by atoms with E-state index in [1.165, 1.54) is 0 Å². The molecular formula is C15H25NO3. The van der Waals surface area contributed by atoms with Crippen molar-refractivity contribution < 1.29 is 14.6 Å². The molecule has 0 aliphatic rings. The number of aliphatic hydroxyl groups is 1. The summed E-state index contributed by atoms with van der Waals surface area (Å²) in [6.45, 7) is 5.03. The number of ether oxygens (including phenoxy) is 2. The second-order valence-electron chi connectivity index (χ2n) is 5.05. The first-order chi connectivity index (χ1) is 9.13. The maximum Gasteiger partial charge on any atom is 0.119 e. The van der Waals surface area contributed by atoms with E-state index in [0.717, 1.165) is 12.2 Å². The van der Waals surface area contributed by atoms with E-state index in [-0.39, 0.29) is 18.8 Å². The van der Waals surface area contributed by atoms with Crippen LogP contribution in [0.5, 0.6) is 5.75 Å². The molecule has 1 aromatic carbocycles. The van der Waals surface area contributed by atoms with Crippen LogP contribution in [0.2, 0.25) is 0 Å². The van der Waals surface area contributed by atoms with Crippen molar-refractivity contribution in [3.63, 3.8) is 0 Å². The lowest BCUT2D eigenvalue weighted by molar-refractivity contribution is -0.0167. The fourth-order valence-corrected chi connectivity index (χ4v) is 1.88. The van der Waals surface area contributed by atoms with Crippen molar-refractivity contribution >= 4 is 0 Å². The number of hydrogen-bond donors (Lipinski definition) is 2. The van der Waals surface area contributed by atoms with Gasteiger partial charge in [0.2, 0.25) is 0 Å². The third-order valence-corrected chi connectivity index (χ3v) is 2.83. The molecule has 0 aliphatic heterocycles. The quantitative estimate of drug-likeness (QED) is 0.670. The van der Waals surface area contributed by atoms with Crippen LogP contribution in [-0.4, -0.2) is 37.1 Å². The molecule has 0 radical (unpaired) electrons. The molecular weight excluding hydrogens is 242 g/mol. The van der Waals surface area contributed by atoms with Gasteiger partial charge in [-0.2, -0.15) is 0 Å². The van der Waals surface area contributed by atoms with Crippen LogP contribution in [0.3, 0.4) is 0 Å². The normalized spacial score (nSPS) is 14.4. The molecule has 0 aliphatic carbocycles. The Bertz CT molecular complexity index is 329. The minimum atomic E-state index is -0.318. The number of rotatable bonds is 9. The molecule has 0 bridgehead atoms. The number of para-hydroxylation sites is 1. The van der Waals surface area contributed by atoms with Crippen LogP contribution in [0.1, 0.15) is 20.3 Å². The highest BCUT2D eigenvalue weighted by atomic mass is 16.5. The van der Waals surface area contributed by atoms with Crippen molar-refractivity contribution in [2.45, 2.75) is 32.4 Å². The maximum atomic E-state index is 9.28. The predicted molar refractivity (Wildman–Crippen MR) is 76.2 cm³/mol. The highest BCUT2D eigenvalue weighted by Crippen LogP contribution is 2.10. The van der Waals surface area contributed by atoms with Crippen molar-refractivity contribution in [1.82, 2.24) is 0 Å². The molecule has 0 saturated carbocycles. The average Bonchev–Trinajstić information content (AvgIpc) is 2.39. The Morgan fingerprint density at radius 3 is 2.42 bits per heavy atom. The summed E-state index contributed by atoms with van der Waals surface area (Å²) in [5, 5.41) is 9.28. The molecule has 19 heavy (non-hydrogen) atoms. The molecule has 0 aromatic heterocycles. The van der Waals surface area contributed by atoms with Gasteiger partial charge in [-0.15, -0.1) is 0 Å². The predicted octanol–water partition coefficient (Wildman–Crippen LogP) is 1.82. The zero-order valence-electron chi connectivity index (χ0n) is 11.8. The van der Waals surface area contributed by atoms with E-state index < -0.39 is 0 Å². The van der Waals surface area contributed by atoms with Gasteiger partial charge in [0.05, 0.1) is 19.3 Å². The summed E-state index contributed by atoms with van der Waals surface area (Å²) in [4.78, 5) is 0. The number of hydrogen-bond acceptors (Lipinski definition) is 4. The average molecular weight is 267 g/mol. The van der Waals surface area contributed by atoms with Gasteiger partial charge in [-0.05, 0) is 24.5 Å². The van der Waals surface area contributed by atoms with Gasteiger partial charge in [-0.3, -0.25) is 0 Å². The SMILES string of the molecule is CC(C)CC(N)C(CO)OCCOc1ccccc1. The third-order valence-electron chi connectivity index (χ3n) is 2.83. The number of benzene rings is 1. The Kier molecular flexibility index (Phi) is 7.48. The van der Waals surface area contributed by atoms with Gasteiger partial charge in [0.25, 0.3) is 0 Å². The highest BCUT2D eigenvalue weighted by molar-refractivity contribution is 5.20. The van der Waals surface area contributed by atoms with Crippen LogP contribution < -0.4 is 10.5 Å². The molecule has 0 saturated heterocycles. The topological polar surface area (TPSA) is 64.7 Å². The van der Waals surface area contributed by atoms with Crippen LogP contribution in [0.25, 0.3) is 0 Å². The van der Waals surface area contributed by atoms with Gasteiger partial charge in [0.15, 0.2) is 0 Å². The van der Waals surface area contributed by atoms with Crippen LogP contribution in [0, 0.1) is 5.92 Å². The lowest BCUT2D eigenvalue weighted by atomic mass is 10.0. The molecule has 0 amide bonds. The minimum absolute atomic E-state index is 0.0563. The molecule has 4 nitrogen and oxygen atoms in total. The molecule has 2 unspecified atom stereocenters. The van der Waals surface area contributed by atoms with Gasteiger partial charge in [-0.25, -0.2) is 0 Å². The fourth-order valence-electron chi connectivity index (χ4n) is 1.88. The second-order valence-corrected chi connectivity index (χ2v) is 5.05. The molecule has 2 atom stereocenters. The molecule has 0 heterocycles. The van der Waals surface area contributed by atoms with Gasteiger partial charge in [0, 0.05) is 6.04 Å². The Morgan fingerprint density at radius 1 is 1.16 bits per heavy atom. The summed E-state index contributed by atoms with van der Waals surface area (Å²) >= 11 is 0. The molecule has 108 valence electrons. The first kappa shape index (κ1) is 16.0. The summed E-state index contributed by atoms with van der Waals surface area (Å²) in [5.41, 5.74) is 6.00. The Labute approximate surface area is 115 Å². The summed E-state index contributed by atoms with van der Waals surface area (Å²) in [6.07, 6.45) is 0.520. The largest absolute Gasteiger partial charge is 0.491 e. The fraction of sp³-hybridized carbons (Fsp3) is 0.600. The van der Waals surface area contributed by atoms with E-state index in [9.17, 15) is 5.11 Å². The first-order valence-electron chi connectivity index (χ1n) is 6.79. The van der Waals surface area contributed by atoms with E-state index >= 15 is 0 Å². The Hall–Kier alpha value is -1.10. The van der Waals surface area contributed by atoms with Gasteiger partial charge in [-0.1, -0.05) is 32.0 Å². The summed E-state index contributed by atoms with van der Waals surface area (Å²) in [6, 6.07) is 9.44. The highest BCUT2D eigenvalue weighted by Gasteiger charge is 2.18. The minimum Gasteiger partial charge on any atom is -0.491 e. The number of nitrogens with two attached hydrogens (primary N) is 1.